The maximum Gasteiger partial charge on any atom is 0.187 e. The van der Waals surface area contributed by atoms with Gasteiger partial charge >= 0.3 is 0 Å². The summed E-state index contributed by atoms with van der Waals surface area (Å²) in [5, 5.41) is 7.33. The van der Waals surface area contributed by atoms with Crippen molar-refractivity contribution in [3.63, 3.8) is 0 Å². The van der Waals surface area contributed by atoms with Gasteiger partial charge in [-0.2, -0.15) is 5.10 Å². The summed E-state index contributed by atoms with van der Waals surface area (Å²) in [4.78, 5) is 0. The maximum atomic E-state index is 4.89. The van der Waals surface area contributed by atoms with Crippen LogP contribution in [0.1, 0.15) is 13.8 Å². The van der Waals surface area contributed by atoms with Crippen LogP contribution in [-0.4, -0.2) is 17.9 Å². The van der Waals surface area contributed by atoms with Crippen molar-refractivity contribution >= 4 is 23.5 Å². The predicted octanol–water partition coefficient (Wildman–Crippen LogP) is 1.28. The maximum absolute atomic E-state index is 4.89. The van der Waals surface area contributed by atoms with E-state index in [0.717, 1.165) is 0 Å². The minimum Gasteiger partial charge on any atom is -0.358 e. The fraction of sp³-hybridized carbons (Fsp3) is 0.500. The molecule has 0 radical (unpaired) electrons. The van der Waals surface area contributed by atoms with Gasteiger partial charge in [0.25, 0.3) is 0 Å². The molecular formula is C8H15N3S. The smallest absolute Gasteiger partial charge is 0.187 e. The lowest BCUT2D eigenvalue weighted by Gasteiger charge is -2.03. The lowest BCUT2D eigenvalue weighted by atomic mass is 10.3. The number of hydrogen-bond donors (Lipinski definition) is 2. The average molecular weight is 185 g/mol. The molecule has 0 amide bonds. The van der Waals surface area contributed by atoms with Gasteiger partial charge in [0, 0.05) is 12.8 Å². The highest BCUT2D eigenvalue weighted by atomic mass is 32.1. The quantitative estimate of drug-likeness (QED) is 0.300. The Balaban J connectivity index is 3.49. The number of nitrogens with one attached hydrogen (secondary N) is 2. The molecule has 0 heterocycles. The van der Waals surface area contributed by atoms with E-state index in [-0.39, 0.29) is 0 Å². The van der Waals surface area contributed by atoms with E-state index in [4.69, 9.17) is 12.2 Å². The van der Waals surface area contributed by atoms with Crippen LogP contribution in [0.15, 0.2) is 17.8 Å². The Hall–Kier alpha value is -0.900. The monoisotopic (exact) mass is 185 g/mol. The van der Waals surface area contributed by atoms with Crippen molar-refractivity contribution in [1.29, 1.82) is 0 Å². The lowest BCUT2D eigenvalue weighted by Crippen LogP contribution is -2.32. The van der Waals surface area contributed by atoms with Crippen LogP contribution in [0, 0.1) is 5.92 Å². The fourth-order valence-electron chi connectivity index (χ4n) is 0.449. The van der Waals surface area contributed by atoms with Crippen molar-refractivity contribution in [3.8, 4) is 0 Å². The number of nitrogens with zero attached hydrogens (tertiary/aromatic N) is 1. The summed E-state index contributed by atoms with van der Waals surface area (Å²) >= 11 is 4.89. The zero-order valence-electron chi connectivity index (χ0n) is 7.50. The van der Waals surface area contributed by atoms with Gasteiger partial charge in [0.05, 0.1) is 0 Å². The first-order valence-electron chi connectivity index (χ1n) is 3.84. The largest absolute Gasteiger partial charge is 0.358 e. The first kappa shape index (κ1) is 11.1. The molecule has 0 unspecified atom stereocenters. The number of thiocarbonyl (C=S) groups is 1. The van der Waals surface area contributed by atoms with Crippen LogP contribution in [0.3, 0.4) is 0 Å². The number of hydrogen-bond acceptors (Lipinski definition) is 2. The zero-order valence-corrected chi connectivity index (χ0v) is 8.32. The van der Waals surface area contributed by atoms with Crippen LogP contribution in [0.25, 0.3) is 0 Å². The molecule has 0 aliphatic rings. The van der Waals surface area contributed by atoms with E-state index in [2.05, 4.69) is 22.4 Å². The molecule has 0 saturated carbocycles. The van der Waals surface area contributed by atoms with Crippen LogP contribution >= 0.6 is 12.2 Å². The SMILES string of the molecule is C=CCNC(=S)N/N=C\C(C)C. The minimum absolute atomic E-state index is 0.430. The summed E-state index contributed by atoms with van der Waals surface area (Å²) in [7, 11) is 0. The molecule has 0 aromatic heterocycles. The molecule has 0 fully saturated rings. The van der Waals surface area contributed by atoms with Gasteiger partial charge in [0.2, 0.25) is 0 Å². The van der Waals surface area contributed by atoms with Gasteiger partial charge in [-0.1, -0.05) is 19.9 Å². The summed E-state index contributed by atoms with van der Waals surface area (Å²) in [6.07, 6.45) is 3.53. The van der Waals surface area contributed by atoms with E-state index < -0.39 is 0 Å². The molecule has 2 N–H and O–H groups in total. The van der Waals surface area contributed by atoms with Crippen LogP contribution in [0.2, 0.25) is 0 Å². The van der Waals surface area contributed by atoms with Crippen molar-refractivity contribution in [2.45, 2.75) is 13.8 Å². The van der Waals surface area contributed by atoms with Gasteiger partial charge < -0.3 is 5.32 Å². The second-order valence-corrected chi connectivity index (χ2v) is 3.04. The highest BCUT2D eigenvalue weighted by molar-refractivity contribution is 7.80. The number of hydrazone groups is 1. The van der Waals surface area contributed by atoms with Crippen molar-refractivity contribution in [1.82, 2.24) is 10.7 Å². The molecule has 0 aliphatic carbocycles. The van der Waals surface area contributed by atoms with E-state index in [9.17, 15) is 0 Å². The first-order valence-corrected chi connectivity index (χ1v) is 4.25. The standard InChI is InChI=1S/C8H15N3S/c1-4-5-9-8(12)11-10-6-7(2)3/h4,6-7H,1,5H2,2-3H3,(H2,9,11,12)/b10-6-. The second-order valence-electron chi connectivity index (χ2n) is 2.63. The molecule has 0 rings (SSSR count). The third-order valence-electron chi connectivity index (χ3n) is 0.946. The highest BCUT2D eigenvalue weighted by Gasteiger charge is 1.88. The summed E-state index contributed by atoms with van der Waals surface area (Å²) in [6, 6.07) is 0. The molecule has 0 aromatic carbocycles. The highest BCUT2D eigenvalue weighted by Crippen LogP contribution is 1.82. The van der Waals surface area contributed by atoms with Gasteiger partial charge in [-0.25, -0.2) is 0 Å². The van der Waals surface area contributed by atoms with Gasteiger partial charge in [0.1, 0.15) is 0 Å². The molecule has 0 atom stereocenters. The normalized spacial score (nSPS) is 10.2. The summed E-state index contributed by atoms with van der Waals surface area (Å²) < 4.78 is 0. The predicted molar refractivity (Wildman–Crippen MR) is 57.3 cm³/mol. The summed E-state index contributed by atoms with van der Waals surface area (Å²) in [5.74, 6) is 0.430. The molecule has 0 bridgehead atoms. The fourth-order valence-corrected chi connectivity index (χ4v) is 0.585. The third kappa shape index (κ3) is 7.21. The van der Waals surface area contributed by atoms with Crippen LogP contribution < -0.4 is 10.7 Å². The van der Waals surface area contributed by atoms with Crippen molar-refractivity contribution in [3.05, 3.63) is 12.7 Å². The Bertz CT molecular complexity index is 175. The Kier molecular flexibility index (Phi) is 6.28. The Morgan fingerprint density at radius 3 is 2.83 bits per heavy atom. The molecule has 0 spiro atoms. The molecule has 3 nitrogen and oxygen atoms in total. The Morgan fingerprint density at radius 1 is 1.67 bits per heavy atom. The summed E-state index contributed by atoms with van der Waals surface area (Å²) in [5.41, 5.74) is 2.69. The average Bonchev–Trinajstić information content (AvgIpc) is 2.00. The van der Waals surface area contributed by atoms with E-state index in [1.54, 1.807) is 12.3 Å². The lowest BCUT2D eigenvalue weighted by molar-refractivity contribution is 0.873. The van der Waals surface area contributed by atoms with Gasteiger partial charge in [0.15, 0.2) is 5.11 Å². The van der Waals surface area contributed by atoms with E-state index in [0.29, 0.717) is 17.6 Å². The summed E-state index contributed by atoms with van der Waals surface area (Å²) in [6.45, 7) is 8.30. The molecule has 4 heteroatoms. The Labute approximate surface area is 78.9 Å². The van der Waals surface area contributed by atoms with Crippen LogP contribution in [0.5, 0.6) is 0 Å². The minimum atomic E-state index is 0.430. The van der Waals surface area contributed by atoms with Crippen molar-refractivity contribution in [2.75, 3.05) is 6.54 Å². The zero-order chi connectivity index (χ0) is 9.40. The van der Waals surface area contributed by atoms with Gasteiger partial charge in [-0.15, -0.1) is 6.58 Å². The second kappa shape index (κ2) is 6.79. The van der Waals surface area contributed by atoms with Crippen LogP contribution in [-0.2, 0) is 0 Å². The van der Waals surface area contributed by atoms with Crippen molar-refractivity contribution < 1.29 is 0 Å². The molecule has 12 heavy (non-hydrogen) atoms. The van der Waals surface area contributed by atoms with Gasteiger partial charge in [-0.05, 0) is 18.1 Å². The van der Waals surface area contributed by atoms with E-state index in [1.165, 1.54) is 0 Å². The first-order chi connectivity index (χ1) is 5.66. The van der Waals surface area contributed by atoms with Crippen LogP contribution in [0.4, 0.5) is 0 Å². The molecule has 68 valence electrons. The topological polar surface area (TPSA) is 36.4 Å². The van der Waals surface area contributed by atoms with E-state index in [1.807, 2.05) is 13.8 Å². The van der Waals surface area contributed by atoms with Gasteiger partial charge in [-0.3, -0.25) is 5.43 Å². The molecule has 0 aliphatic heterocycles. The Morgan fingerprint density at radius 2 is 2.33 bits per heavy atom. The van der Waals surface area contributed by atoms with E-state index >= 15 is 0 Å². The molecule has 0 saturated heterocycles. The number of rotatable bonds is 4. The molecular weight excluding hydrogens is 170 g/mol. The van der Waals surface area contributed by atoms with Crippen molar-refractivity contribution in [2.24, 2.45) is 11.0 Å². The molecule has 0 aromatic rings. The third-order valence-corrected chi connectivity index (χ3v) is 1.18.